The summed E-state index contributed by atoms with van der Waals surface area (Å²) in [6.07, 6.45) is -0.249. The number of halogens is 2. The van der Waals surface area contributed by atoms with Gasteiger partial charge in [0.1, 0.15) is 24.3 Å². The molecule has 2 aliphatic rings. The van der Waals surface area contributed by atoms with Gasteiger partial charge in [-0.15, -0.1) is 0 Å². The van der Waals surface area contributed by atoms with Crippen molar-refractivity contribution in [1.82, 2.24) is 0 Å². The maximum absolute atomic E-state index is 13.6. The van der Waals surface area contributed by atoms with E-state index in [0.717, 1.165) is 11.1 Å². The number of benzene rings is 2. The number of nitrogens with two attached hydrogens (primary N) is 3. The van der Waals surface area contributed by atoms with E-state index in [1.807, 2.05) is 27.7 Å². The molecule has 2 fully saturated rings. The molecule has 2 aromatic rings. The fourth-order valence-electron chi connectivity index (χ4n) is 3.41. The van der Waals surface area contributed by atoms with Crippen molar-refractivity contribution in [2.75, 3.05) is 37.9 Å². The van der Waals surface area contributed by atoms with E-state index >= 15 is 0 Å². The van der Waals surface area contributed by atoms with E-state index < -0.39 is 17.4 Å². The molecule has 2 aromatic carbocycles. The summed E-state index contributed by atoms with van der Waals surface area (Å²) in [5, 5.41) is 3.03. The van der Waals surface area contributed by atoms with Gasteiger partial charge in [0, 0.05) is 47.2 Å². The SMILES string of the molecule is CC1(C)OC[C@H](CNc2cc(CN)ccc2F)O1.CO[C@H]1COC(C)(C)O1.NCc1ccc(F)c(N)c1.[CH3-].[Pd]. The third kappa shape index (κ3) is 13.0. The molecule has 2 atom stereocenters. The van der Waals surface area contributed by atoms with Crippen molar-refractivity contribution < 1.29 is 52.9 Å². The molecule has 0 aliphatic carbocycles. The predicted molar refractivity (Wildman–Crippen MR) is 145 cm³/mol. The van der Waals surface area contributed by atoms with Gasteiger partial charge in [-0.25, -0.2) is 8.78 Å². The van der Waals surface area contributed by atoms with Crippen LogP contribution in [0, 0.1) is 19.1 Å². The number of nitrogens with one attached hydrogen (secondary N) is 1. The maximum Gasteiger partial charge on any atom is 0.183 e. The average Bonchev–Trinajstić information content (AvgIpc) is 3.41. The third-order valence-corrected chi connectivity index (χ3v) is 5.40. The first-order valence-corrected chi connectivity index (χ1v) is 12.0. The molecule has 0 unspecified atom stereocenters. The molecule has 9 nitrogen and oxygen atoms in total. The van der Waals surface area contributed by atoms with Crippen molar-refractivity contribution in [2.45, 2.75) is 64.8 Å². The normalized spacial score (nSPS) is 20.3. The van der Waals surface area contributed by atoms with Gasteiger partial charge in [-0.2, -0.15) is 0 Å². The Bertz CT molecular complexity index is 1000. The van der Waals surface area contributed by atoms with Gasteiger partial charge >= 0.3 is 0 Å². The van der Waals surface area contributed by atoms with Crippen molar-refractivity contribution in [1.29, 1.82) is 0 Å². The van der Waals surface area contributed by atoms with Crippen LogP contribution >= 0.6 is 0 Å². The Hall–Kier alpha value is -1.72. The van der Waals surface area contributed by atoms with Gasteiger partial charge < -0.3 is 53.6 Å². The zero-order valence-electron chi connectivity index (χ0n) is 23.5. The van der Waals surface area contributed by atoms with Crippen molar-refractivity contribution in [3.63, 3.8) is 0 Å². The fraction of sp³-hybridized carbons (Fsp3) is 0.519. The third-order valence-electron chi connectivity index (χ3n) is 5.40. The molecule has 0 spiro atoms. The standard InChI is InChI=1S/C13H19FN2O2.C7H9FN2.C6H12O3.CH3.Pd/c1-13(2)17-8-10(18-13)7-16-12-5-9(6-15)3-4-11(12)14;8-6-2-1-5(4-9)3-7(6)10;1-6(2)8-4-5(7-3)9-6;;/h3-5,10,16H,6-8,15H2,1-2H3;1-3H,4,9-10H2;5H,4H2,1-3H3;1H3;/q;;;-1;/t10-;;5-;;/m0.1../s1. The average molecular weight is 648 g/mol. The van der Waals surface area contributed by atoms with Crippen LogP contribution in [0.4, 0.5) is 20.2 Å². The molecule has 12 heteroatoms. The molecular weight excluding hydrogens is 605 g/mol. The molecule has 0 saturated carbocycles. The van der Waals surface area contributed by atoms with E-state index in [2.05, 4.69) is 5.32 Å². The number of rotatable bonds is 6. The van der Waals surface area contributed by atoms with Crippen LogP contribution in [0.1, 0.15) is 38.8 Å². The molecule has 4 rings (SSSR count). The summed E-state index contributed by atoms with van der Waals surface area (Å²) >= 11 is 0. The molecule has 0 aromatic heterocycles. The number of methoxy groups -OCH3 is 1. The van der Waals surface area contributed by atoms with Crippen LogP contribution in [-0.2, 0) is 57.2 Å². The number of nitrogen functional groups attached to an aromatic ring is 1. The monoisotopic (exact) mass is 647 g/mol. The van der Waals surface area contributed by atoms with E-state index in [-0.39, 0.29) is 51.7 Å². The van der Waals surface area contributed by atoms with E-state index in [1.165, 1.54) is 18.2 Å². The minimum absolute atomic E-state index is 0. The van der Waals surface area contributed by atoms with Crippen molar-refractivity contribution in [3.05, 3.63) is 66.6 Å². The van der Waals surface area contributed by atoms with Crippen molar-refractivity contribution in [3.8, 4) is 0 Å². The molecule has 226 valence electrons. The summed E-state index contributed by atoms with van der Waals surface area (Å²) in [7, 11) is 1.61. The van der Waals surface area contributed by atoms with Gasteiger partial charge in [-0.1, -0.05) is 12.1 Å². The van der Waals surface area contributed by atoms with Gasteiger partial charge in [-0.05, 0) is 63.1 Å². The van der Waals surface area contributed by atoms with Crippen LogP contribution in [0.3, 0.4) is 0 Å². The minimum atomic E-state index is -0.552. The second kappa shape index (κ2) is 17.2. The Balaban J connectivity index is 0.000000589. The fourth-order valence-corrected chi connectivity index (χ4v) is 3.41. The Morgan fingerprint density at radius 2 is 1.44 bits per heavy atom. The first-order valence-electron chi connectivity index (χ1n) is 12.0. The van der Waals surface area contributed by atoms with Gasteiger partial charge in [0.15, 0.2) is 17.9 Å². The van der Waals surface area contributed by atoms with Crippen molar-refractivity contribution >= 4 is 11.4 Å². The Morgan fingerprint density at radius 3 is 1.87 bits per heavy atom. The van der Waals surface area contributed by atoms with E-state index in [9.17, 15) is 8.78 Å². The summed E-state index contributed by atoms with van der Waals surface area (Å²) < 4.78 is 52.5. The Kier molecular flexibility index (Phi) is 16.4. The molecule has 0 amide bonds. The zero-order chi connectivity index (χ0) is 27.6. The Morgan fingerprint density at radius 1 is 0.897 bits per heavy atom. The summed E-state index contributed by atoms with van der Waals surface area (Å²) in [6.45, 7) is 9.80. The number of hydrogen-bond acceptors (Lipinski definition) is 9. The van der Waals surface area contributed by atoms with Gasteiger partial charge in [-0.3, -0.25) is 0 Å². The molecule has 39 heavy (non-hydrogen) atoms. The molecule has 7 N–H and O–H groups in total. The second-order valence-corrected chi connectivity index (χ2v) is 9.40. The minimum Gasteiger partial charge on any atom is -0.396 e. The molecule has 2 heterocycles. The van der Waals surface area contributed by atoms with E-state index in [0.29, 0.717) is 38.5 Å². The quantitative estimate of drug-likeness (QED) is 0.209. The van der Waals surface area contributed by atoms with Crippen molar-refractivity contribution in [2.24, 2.45) is 11.5 Å². The van der Waals surface area contributed by atoms with Crippen LogP contribution in [0.15, 0.2) is 36.4 Å². The molecular formula is C27H43F2N4O5Pd-. The van der Waals surface area contributed by atoms with Crippen LogP contribution in [0.25, 0.3) is 0 Å². The topological polar surface area (TPSA) is 136 Å². The van der Waals surface area contributed by atoms with Gasteiger partial charge in [0.25, 0.3) is 0 Å². The van der Waals surface area contributed by atoms with Gasteiger partial charge in [0.05, 0.1) is 18.0 Å². The van der Waals surface area contributed by atoms with Crippen LogP contribution in [-0.4, -0.2) is 50.8 Å². The predicted octanol–water partition coefficient (Wildman–Crippen LogP) is 3.90. The number of anilines is 2. The maximum atomic E-state index is 13.6. The summed E-state index contributed by atoms with van der Waals surface area (Å²) in [5.74, 6) is -1.69. The number of ether oxygens (including phenoxy) is 5. The largest absolute Gasteiger partial charge is 0.396 e. The van der Waals surface area contributed by atoms with Crippen LogP contribution in [0.5, 0.6) is 0 Å². The molecule has 2 saturated heterocycles. The van der Waals surface area contributed by atoms with E-state index in [1.54, 1.807) is 25.3 Å². The smallest absolute Gasteiger partial charge is 0.183 e. The Labute approximate surface area is 244 Å². The van der Waals surface area contributed by atoms with Gasteiger partial charge in [0.2, 0.25) is 0 Å². The summed E-state index contributed by atoms with van der Waals surface area (Å²) in [4.78, 5) is 0. The van der Waals surface area contributed by atoms with Crippen LogP contribution < -0.4 is 22.5 Å². The molecule has 0 bridgehead atoms. The van der Waals surface area contributed by atoms with E-state index in [4.69, 9.17) is 40.9 Å². The number of hydrogen-bond donors (Lipinski definition) is 4. The molecule has 0 radical (unpaired) electrons. The second-order valence-electron chi connectivity index (χ2n) is 9.40. The van der Waals surface area contributed by atoms with Crippen LogP contribution in [0.2, 0.25) is 0 Å². The first-order chi connectivity index (χ1) is 17.4. The zero-order valence-corrected chi connectivity index (χ0v) is 25.1. The first kappa shape index (κ1) is 37.3. The molecule has 2 aliphatic heterocycles. The summed E-state index contributed by atoms with van der Waals surface area (Å²) in [5.41, 5.74) is 18.4. The summed E-state index contributed by atoms with van der Waals surface area (Å²) in [6, 6.07) is 9.29.